The molecule has 3 N–H and O–H groups in total. The molecule has 162 valence electrons. The second kappa shape index (κ2) is 9.16. The van der Waals surface area contributed by atoms with E-state index >= 15 is 0 Å². The van der Waals surface area contributed by atoms with Crippen molar-refractivity contribution in [1.29, 1.82) is 0 Å². The normalized spacial score (nSPS) is 11.7. The molecule has 1 amide bonds. The van der Waals surface area contributed by atoms with Crippen LogP contribution in [0.1, 0.15) is 18.0 Å². The van der Waals surface area contributed by atoms with Gasteiger partial charge in [0.2, 0.25) is 5.91 Å². The number of hydrogen-bond acceptors (Lipinski definition) is 6. The summed E-state index contributed by atoms with van der Waals surface area (Å²) in [6.07, 6.45) is -0.413. The van der Waals surface area contributed by atoms with Gasteiger partial charge in [-0.2, -0.15) is 0 Å². The number of methoxy groups -OCH3 is 2. The number of nitrogens with one attached hydrogen (secondary N) is 2. The summed E-state index contributed by atoms with van der Waals surface area (Å²) in [6, 6.07) is 10.3. The SMILES string of the molecule is COc1ccc(C(CC(=O)O)NC(=O)Cn2c(=O)[nH]c3ccccc3c2=O)cc1OC. The number of aromatic nitrogens is 2. The maximum Gasteiger partial charge on any atom is 0.329 e. The van der Waals surface area contributed by atoms with Gasteiger partial charge < -0.3 is 24.9 Å². The lowest BCUT2D eigenvalue weighted by atomic mass is 10.0. The quantitative estimate of drug-likeness (QED) is 0.488. The smallest absolute Gasteiger partial charge is 0.329 e. The van der Waals surface area contributed by atoms with Crippen molar-refractivity contribution in [3.8, 4) is 11.5 Å². The number of nitrogens with zero attached hydrogens (tertiary/aromatic N) is 1. The van der Waals surface area contributed by atoms with E-state index in [4.69, 9.17) is 9.47 Å². The molecule has 3 aromatic rings. The van der Waals surface area contributed by atoms with Crippen LogP contribution in [0.5, 0.6) is 11.5 Å². The van der Waals surface area contributed by atoms with Gasteiger partial charge in [0.25, 0.3) is 5.56 Å². The summed E-state index contributed by atoms with van der Waals surface area (Å²) in [7, 11) is 2.90. The standard InChI is InChI=1S/C21H21N3O7/c1-30-16-8-7-12(9-17(16)31-2)15(10-19(26)27)22-18(25)11-24-20(28)13-5-3-4-6-14(13)23-21(24)29/h3-9,15H,10-11H2,1-2H3,(H,22,25)(H,23,29)(H,26,27). The lowest BCUT2D eigenvalue weighted by Gasteiger charge is -2.19. The lowest BCUT2D eigenvalue weighted by Crippen LogP contribution is -2.41. The van der Waals surface area contributed by atoms with E-state index in [2.05, 4.69) is 10.3 Å². The van der Waals surface area contributed by atoms with Gasteiger partial charge >= 0.3 is 11.7 Å². The van der Waals surface area contributed by atoms with Crippen LogP contribution in [-0.4, -0.2) is 40.8 Å². The van der Waals surface area contributed by atoms with E-state index < -0.39 is 42.1 Å². The Morgan fingerprint density at radius 1 is 1.10 bits per heavy atom. The number of carboxylic acid groups (broad SMARTS) is 1. The van der Waals surface area contributed by atoms with E-state index in [-0.39, 0.29) is 5.39 Å². The number of aromatic amines is 1. The van der Waals surface area contributed by atoms with Crippen molar-refractivity contribution in [3.05, 3.63) is 68.9 Å². The minimum absolute atomic E-state index is 0.261. The molecule has 0 aliphatic rings. The lowest BCUT2D eigenvalue weighted by molar-refractivity contribution is -0.137. The first-order valence-electron chi connectivity index (χ1n) is 9.29. The molecular weight excluding hydrogens is 406 g/mol. The van der Waals surface area contributed by atoms with Crippen LogP contribution in [0.2, 0.25) is 0 Å². The summed E-state index contributed by atoms with van der Waals surface area (Å²) in [5, 5.41) is 12.1. The Labute approximate surface area is 176 Å². The van der Waals surface area contributed by atoms with Crippen molar-refractivity contribution in [1.82, 2.24) is 14.9 Å². The van der Waals surface area contributed by atoms with Gasteiger partial charge in [0.05, 0.1) is 37.6 Å². The summed E-state index contributed by atoms with van der Waals surface area (Å²) in [5.74, 6) is -1.02. The number of para-hydroxylation sites is 1. The first kappa shape index (κ1) is 21.6. The van der Waals surface area contributed by atoms with Gasteiger partial charge in [-0.05, 0) is 29.8 Å². The average molecular weight is 427 g/mol. The van der Waals surface area contributed by atoms with Crippen LogP contribution in [-0.2, 0) is 16.1 Å². The maximum absolute atomic E-state index is 12.6. The first-order chi connectivity index (χ1) is 14.8. The van der Waals surface area contributed by atoms with Crippen LogP contribution in [0, 0.1) is 0 Å². The third-order valence-corrected chi connectivity index (χ3v) is 4.72. The highest BCUT2D eigenvalue weighted by Crippen LogP contribution is 2.31. The molecule has 0 fully saturated rings. The van der Waals surface area contributed by atoms with Crippen LogP contribution in [0.15, 0.2) is 52.1 Å². The van der Waals surface area contributed by atoms with E-state index in [1.165, 1.54) is 14.2 Å². The Kier molecular flexibility index (Phi) is 6.39. The topological polar surface area (TPSA) is 140 Å². The molecule has 1 aromatic heterocycles. The van der Waals surface area contributed by atoms with Gasteiger partial charge in [0.15, 0.2) is 11.5 Å². The fourth-order valence-electron chi connectivity index (χ4n) is 3.22. The minimum Gasteiger partial charge on any atom is -0.493 e. The predicted octanol–water partition coefficient (Wildman–Crippen LogP) is 1.04. The molecule has 31 heavy (non-hydrogen) atoms. The van der Waals surface area contributed by atoms with Crippen molar-refractivity contribution in [2.24, 2.45) is 0 Å². The average Bonchev–Trinajstić information content (AvgIpc) is 2.75. The Hall–Kier alpha value is -4.08. The number of benzene rings is 2. The molecule has 10 heteroatoms. The summed E-state index contributed by atoms with van der Waals surface area (Å²) in [4.78, 5) is 51.4. The predicted molar refractivity (Wildman–Crippen MR) is 112 cm³/mol. The Balaban J connectivity index is 1.89. The number of H-pyrrole nitrogens is 1. The van der Waals surface area contributed by atoms with Crippen LogP contribution >= 0.6 is 0 Å². The molecule has 0 aliphatic carbocycles. The van der Waals surface area contributed by atoms with Crippen LogP contribution < -0.4 is 26.0 Å². The highest BCUT2D eigenvalue weighted by molar-refractivity contribution is 5.79. The number of carbonyl (C=O) groups excluding carboxylic acids is 1. The van der Waals surface area contributed by atoms with Crippen LogP contribution in [0.3, 0.4) is 0 Å². The number of amides is 1. The molecule has 0 saturated carbocycles. The van der Waals surface area contributed by atoms with E-state index in [1.807, 2.05) is 0 Å². The molecule has 1 unspecified atom stereocenters. The van der Waals surface area contributed by atoms with Crippen molar-refractivity contribution >= 4 is 22.8 Å². The molecule has 0 saturated heterocycles. The number of fused-ring (bicyclic) bond motifs is 1. The zero-order valence-electron chi connectivity index (χ0n) is 16.9. The monoisotopic (exact) mass is 427 g/mol. The van der Waals surface area contributed by atoms with E-state index in [0.717, 1.165) is 4.57 Å². The molecule has 2 aromatic carbocycles. The molecule has 0 bridgehead atoms. The highest BCUT2D eigenvalue weighted by Gasteiger charge is 2.21. The van der Waals surface area contributed by atoms with E-state index in [9.17, 15) is 24.3 Å². The summed E-state index contributed by atoms with van der Waals surface area (Å²) in [6.45, 7) is -0.567. The fourth-order valence-corrected chi connectivity index (χ4v) is 3.22. The molecule has 3 rings (SSSR count). The second-order valence-electron chi connectivity index (χ2n) is 6.70. The van der Waals surface area contributed by atoms with Crippen molar-refractivity contribution in [3.63, 3.8) is 0 Å². The summed E-state index contributed by atoms with van der Waals surface area (Å²) >= 11 is 0. The van der Waals surface area contributed by atoms with E-state index in [0.29, 0.717) is 22.6 Å². The fraction of sp³-hybridized carbons (Fsp3) is 0.238. The molecule has 0 radical (unpaired) electrons. The zero-order valence-corrected chi connectivity index (χ0v) is 16.9. The molecule has 0 aliphatic heterocycles. The number of ether oxygens (including phenoxy) is 2. The summed E-state index contributed by atoms with van der Waals surface area (Å²) in [5.41, 5.74) is -0.522. The molecular formula is C21H21N3O7. The maximum atomic E-state index is 12.6. The van der Waals surface area contributed by atoms with Gasteiger partial charge in [-0.15, -0.1) is 0 Å². The zero-order chi connectivity index (χ0) is 22.5. The molecule has 1 heterocycles. The van der Waals surface area contributed by atoms with Gasteiger partial charge in [-0.25, -0.2) is 4.79 Å². The number of carbonyl (C=O) groups is 2. The van der Waals surface area contributed by atoms with Gasteiger partial charge in [-0.3, -0.25) is 19.0 Å². The molecule has 10 nitrogen and oxygen atoms in total. The number of aliphatic carboxylic acids is 1. The van der Waals surface area contributed by atoms with Gasteiger partial charge in [0.1, 0.15) is 6.54 Å². The minimum atomic E-state index is -1.14. The first-order valence-corrected chi connectivity index (χ1v) is 9.29. The van der Waals surface area contributed by atoms with Crippen LogP contribution in [0.25, 0.3) is 10.9 Å². The Bertz CT molecular complexity index is 1250. The Morgan fingerprint density at radius 3 is 2.48 bits per heavy atom. The third-order valence-electron chi connectivity index (χ3n) is 4.72. The van der Waals surface area contributed by atoms with Crippen molar-refractivity contribution < 1.29 is 24.2 Å². The van der Waals surface area contributed by atoms with Crippen molar-refractivity contribution in [2.45, 2.75) is 19.0 Å². The third kappa shape index (κ3) is 4.74. The number of hydrogen-bond donors (Lipinski definition) is 3. The van der Waals surface area contributed by atoms with Gasteiger partial charge in [0, 0.05) is 0 Å². The molecule has 1 atom stereocenters. The van der Waals surface area contributed by atoms with Crippen LogP contribution in [0.4, 0.5) is 0 Å². The second-order valence-corrected chi connectivity index (χ2v) is 6.70. The van der Waals surface area contributed by atoms with E-state index in [1.54, 1.807) is 42.5 Å². The van der Waals surface area contributed by atoms with Crippen molar-refractivity contribution in [2.75, 3.05) is 14.2 Å². The largest absolute Gasteiger partial charge is 0.493 e. The molecule has 0 spiro atoms. The summed E-state index contributed by atoms with van der Waals surface area (Å²) < 4.78 is 11.2. The number of rotatable bonds is 8. The highest BCUT2D eigenvalue weighted by atomic mass is 16.5. The van der Waals surface area contributed by atoms with Gasteiger partial charge in [-0.1, -0.05) is 18.2 Å². The number of carboxylic acids is 1. The Morgan fingerprint density at radius 2 is 1.81 bits per heavy atom.